The van der Waals surface area contributed by atoms with Crippen molar-refractivity contribution in [3.63, 3.8) is 0 Å². The topological polar surface area (TPSA) is 80.9 Å². The van der Waals surface area contributed by atoms with Crippen molar-refractivity contribution in [1.82, 2.24) is 15.4 Å². The smallest absolute Gasteiger partial charge is 0.279 e. The zero-order chi connectivity index (χ0) is 17.3. The monoisotopic (exact) mass is 342 g/mol. The Morgan fingerprint density at radius 3 is 2.50 bits per heavy atom. The molecule has 1 aromatic carbocycles. The molecule has 1 amide bonds. The first-order chi connectivity index (χ1) is 11.3. The number of hydrogen-bond donors (Lipinski definition) is 1. The van der Waals surface area contributed by atoms with E-state index in [0.717, 1.165) is 16.1 Å². The van der Waals surface area contributed by atoms with Gasteiger partial charge in [0.2, 0.25) is 5.13 Å². The predicted octanol–water partition coefficient (Wildman–Crippen LogP) is 4.05. The fourth-order valence-corrected chi connectivity index (χ4v) is 2.77. The first-order valence-electron chi connectivity index (χ1n) is 7.52. The van der Waals surface area contributed by atoms with Gasteiger partial charge in [-0.1, -0.05) is 67.1 Å². The summed E-state index contributed by atoms with van der Waals surface area (Å²) in [5, 5.41) is 16.0. The molecule has 2 aromatic heterocycles. The molecule has 0 atom stereocenters. The molecule has 6 nitrogen and oxygen atoms in total. The molecule has 0 bridgehead atoms. The molecule has 0 spiro atoms. The Kier molecular flexibility index (Phi) is 4.19. The van der Waals surface area contributed by atoms with Gasteiger partial charge in [0.05, 0.1) is 0 Å². The van der Waals surface area contributed by atoms with Crippen LogP contribution in [0.3, 0.4) is 0 Å². The molecular weight excluding hydrogens is 324 g/mol. The Morgan fingerprint density at radius 2 is 1.88 bits per heavy atom. The van der Waals surface area contributed by atoms with E-state index < -0.39 is 0 Å². The number of hydrogen-bond acceptors (Lipinski definition) is 6. The summed E-state index contributed by atoms with van der Waals surface area (Å²) in [5.41, 5.74) is 2.13. The van der Waals surface area contributed by atoms with Gasteiger partial charge in [-0.15, -0.1) is 10.2 Å². The molecule has 0 unspecified atom stereocenters. The van der Waals surface area contributed by atoms with Crippen LogP contribution in [0.4, 0.5) is 5.13 Å². The maximum absolute atomic E-state index is 12.3. The summed E-state index contributed by atoms with van der Waals surface area (Å²) < 4.78 is 5.27. The number of carbonyl (C=O) groups excluding carboxylic acids is 1. The van der Waals surface area contributed by atoms with Crippen LogP contribution >= 0.6 is 11.3 Å². The molecule has 24 heavy (non-hydrogen) atoms. The van der Waals surface area contributed by atoms with Gasteiger partial charge in [-0.25, -0.2) is 0 Å². The van der Waals surface area contributed by atoms with Gasteiger partial charge in [-0.05, 0) is 6.92 Å². The highest BCUT2D eigenvalue weighted by Gasteiger charge is 2.21. The fraction of sp³-hybridized carbons (Fsp3) is 0.294. The third-order valence-corrected chi connectivity index (χ3v) is 4.63. The van der Waals surface area contributed by atoms with Crippen molar-refractivity contribution in [2.24, 2.45) is 0 Å². The molecule has 124 valence electrons. The lowest BCUT2D eigenvalue weighted by molar-refractivity contribution is 0.101. The predicted molar refractivity (Wildman–Crippen MR) is 93.2 cm³/mol. The molecule has 3 rings (SSSR count). The maximum atomic E-state index is 12.3. The number of nitrogens with zero attached hydrogens (tertiary/aromatic N) is 3. The van der Waals surface area contributed by atoms with E-state index in [1.807, 2.05) is 52.0 Å². The van der Waals surface area contributed by atoms with E-state index in [9.17, 15) is 4.79 Å². The number of aromatic nitrogens is 3. The second-order valence-corrected chi connectivity index (χ2v) is 7.54. The van der Waals surface area contributed by atoms with Crippen LogP contribution in [-0.2, 0) is 5.41 Å². The summed E-state index contributed by atoms with van der Waals surface area (Å²) in [6, 6.07) is 9.43. The summed E-state index contributed by atoms with van der Waals surface area (Å²) in [6.45, 7) is 8.15. The molecule has 0 aliphatic rings. The van der Waals surface area contributed by atoms with E-state index in [4.69, 9.17) is 4.52 Å². The van der Waals surface area contributed by atoms with E-state index in [-0.39, 0.29) is 17.0 Å². The molecule has 3 aromatic rings. The Bertz CT molecular complexity index is 859. The van der Waals surface area contributed by atoms with Crippen molar-refractivity contribution in [3.05, 3.63) is 46.6 Å². The van der Waals surface area contributed by atoms with Gasteiger partial charge in [0.15, 0.2) is 11.5 Å². The first kappa shape index (κ1) is 16.3. The Morgan fingerprint density at radius 1 is 1.17 bits per heavy atom. The minimum Gasteiger partial charge on any atom is -0.355 e. The zero-order valence-corrected chi connectivity index (χ0v) is 14.8. The molecule has 0 saturated carbocycles. The largest absolute Gasteiger partial charge is 0.355 e. The summed E-state index contributed by atoms with van der Waals surface area (Å²) in [6.07, 6.45) is 0. The van der Waals surface area contributed by atoms with E-state index in [1.54, 1.807) is 6.07 Å². The molecule has 0 aliphatic carbocycles. The number of carbonyl (C=O) groups is 1. The second kappa shape index (κ2) is 6.16. The first-order valence-corrected chi connectivity index (χ1v) is 8.34. The van der Waals surface area contributed by atoms with Gasteiger partial charge in [0, 0.05) is 17.0 Å². The van der Waals surface area contributed by atoms with Crippen molar-refractivity contribution in [2.75, 3.05) is 5.32 Å². The van der Waals surface area contributed by atoms with Crippen LogP contribution in [0.25, 0.3) is 11.3 Å². The molecular formula is C17H18N4O2S. The highest BCUT2D eigenvalue weighted by Crippen LogP contribution is 2.28. The van der Waals surface area contributed by atoms with E-state index in [1.165, 1.54) is 11.3 Å². The van der Waals surface area contributed by atoms with Crippen molar-refractivity contribution >= 4 is 22.4 Å². The molecule has 2 heterocycles. The average molecular weight is 342 g/mol. The van der Waals surface area contributed by atoms with Crippen LogP contribution in [0.15, 0.2) is 34.9 Å². The molecule has 0 aliphatic heterocycles. The van der Waals surface area contributed by atoms with Gasteiger partial charge < -0.3 is 4.52 Å². The molecule has 0 radical (unpaired) electrons. The lowest BCUT2D eigenvalue weighted by Crippen LogP contribution is -2.11. The fourth-order valence-electron chi connectivity index (χ4n) is 1.97. The number of rotatable bonds is 3. The number of aryl methyl sites for hydroxylation is 1. The summed E-state index contributed by atoms with van der Waals surface area (Å²) >= 11 is 1.36. The van der Waals surface area contributed by atoms with Crippen LogP contribution in [0.1, 0.15) is 41.8 Å². The summed E-state index contributed by atoms with van der Waals surface area (Å²) in [5.74, 6) is 0.182. The average Bonchev–Trinajstić information content (AvgIpc) is 3.16. The molecule has 1 N–H and O–H groups in total. The SMILES string of the molecule is Cc1ccc(-c2cc(C(=O)Nc3nnc(C(C)(C)C)s3)no2)cc1. The number of benzene rings is 1. The van der Waals surface area contributed by atoms with Crippen molar-refractivity contribution in [1.29, 1.82) is 0 Å². The lowest BCUT2D eigenvalue weighted by atomic mass is 9.98. The van der Waals surface area contributed by atoms with Crippen molar-refractivity contribution in [3.8, 4) is 11.3 Å². The standard InChI is InChI=1S/C17H18N4O2S/c1-10-5-7-11(8-6-10)13-9-12(21-23-13)14(22)18-16-20-19-15(24-16)17(2,3)4/h5-9H,1-4H3,(H,18,20,22). The number of amides is 1. The van der Waals surface area contributed by atoms with E-state index in [2.05, 4.69) is 20.7 Å². The quantitative estimate of drug-likeness (QED) is 0.776. The summed E-state index contributed by atoms with van der Waals surface area (Å²) in [7, 11) is 0. The van der Waals surface area contributed by atoms with E-state index >= 15 is 0 Å². The van der Waals surface area contributed by atoms with Gasteiger partial charge in [-0.2, -0.15) is 0 Å². The van der Waals surface area contributed by atoms with Crippen LogP contribution in [0.2, 0.25) is 0 Å². The normalized spacial score (nSPS) is 11.5. The number of anilines is 1. The van der Waals surface area contributed by atoms with Crippen molar-refractivity contribution in [2.45, 2.75) is 33.1 Å². The van der Waals surface area contributed by atoms with Gasteiger partial charge >= 0.3 is 0 Å². The van der Waals surface area contributed by atoms with Crippen LogP contribution in [0.5, 0.6) is 0 Å². The highest BCUT2D eigenvalue weighted by atomic mass is 32.1. The maximum Gasteiger partial charge on any atom is 0.279 e. The molecule has 0 fully saturated rings. The highest BCUT2D eigenvalue weighted by molar-refractivity contribution is 7.15. The third kappa shape index (κ3) is 3.51. The minimum absolute atomic E-state index is 0.104. The Labute approximate surface area is 143 Å². The van der Waals surface area contributed by atoms with Crippen LogP contribution in [-0.4, -0.2) is 21.3 Å². The van der Waals surface area contributed by atoms with Gasteiger partial charge in [0.1, 0.15) is 5.01 Å². The second-order valence-electron chi connectivity index (χ2n) is 6.56. The van der Waals surface area contributed by atoms with E-state index in [0.29, 0.717) is 10.9 Å². The molecule has 7 heteroatoms. The minimum atomic E-state index is -0.367. The number of nitrogens with one attached hydrogen (secondary N) is 1. The van der Waals surface area contributed by atoms with Gasteiger partial charge in [0.25, 0.3) is 5.91 Å². The van der Waals surface area contributed by atoms with Crippen LogP contribution < -0.4 is 5.32 Å². The van der Waals surface area contributed by atoms with Crippen LogP contribution in [0, 0.1) is 6.92 Å². The van der Waals surface area contributed by atoms with Crippen molar-refractivity contribution < 1.29 is 9.32 Å². The Balaban J connectivity index is 1.74. The summed E-state index contributed by atoms with van der Waals surface area (Å²) in [4.78, 5) is 12.3. The third-order valence-electron chi connectivity index (χ3n) is 3.37. The molecule has 0 saturated heterocycles. The zero-order valence-electron chi connectivity index (χ0n) is 14.0. The van der Waals surface area contributed by atoms with Gasteiger partial charge in [-0.3, -0.25) is 10.1 Å². The lowest BCUT2D eigenvalue weighted by Gasteiger charge is -2.12. The Hall–Kier alpha value is -2.54.